The van der Waals surface area contributed by atoms with E-state index >= 15 is 0 Å². The van der Waals surface area contributed by atoms with Crippen LogP contribution in [-0.2, 0) is 5.41 Å². The van der Waals surface area contributed by atoms with Crippen molar-refractivity contribution in [1.82, 2.24) is 29.5 Å². The number of amides is 1. The van der Waals surface area contributed by atoms with Crippen LogP contribution in [0.5, 0.6) is 5.88 Å². The number of rotatable bonds is 6. The van der Waals surface area contributed by atoms with Crippen molar-refractivity contribution in [3.8, 4) is 11.7 Å². The van der Waals surface area contributed by atoms with Gasteiger partial charge < -0.3 is 15.0 Å². The van der Waals surface area contributed by atoms with Crippen molar-refractivity contribution in [2.75, 3.05) is 23.4 Å². The number of hydrogen-bond donors (Lipinski definition) is 2. The highest BCUT2D eigenvalue weighted by atomic mass is 32.2. The van der Waals surface area contributed by atoms with Crippen molar-refractivity contribution < 1.29 is 9.53 Å². The monoisotopic (exact) mass is 694 g/mol. The van der Waals surface area contributed by atoms with Gasteiger partial charge in [-0.1, -0.05) is 52.5 Å². The van der Waals surface area contributed by atoms with Gasteiger partial charge in [-0.15, -0.1) is 5.10 Å². The minimum absolute atomic E-state index is 0.0134. The Balaban J connectivity index is 1.18. The van der Waals surface area contributed by atoms with Gasteiger partial charge in [-0.05, 0) is 98.7 Å². The lowest BCUT2D eigenvalue weighted by Gasteiger charge is -2.34. The van der Waals surface area contributed by atoms with Crippen LogP contribution in [-0.4, -0.2) is 49.3 Å². The minimum Gasteiger partial charge on any atom is -0.477 e. The van der Waals surface area contributed by atoms with Gasteiger partial charge in [0.1, 0.15) is 16.7 Å². The van der Waals surface area contributed by atoms with Gasteiger partial charge in [0.05, 0.1) is 23.9 Å². The molecule has 4 aromatic heterocycles. The summed E-state index contributed by atoms with van der Waals surface area (Å²) >= 11 is 1.21. The molecule has 10 nitrogen and oxygen atoms in total. The Morgan fingerprint density at radius 1 is 1.02 bits per heavy atom. The van der Waals surface area contributed by atoms with Crippen LogP contribution in [0.15, 0.2) is 66.0 Å². The molecule has 6 heterocycles. The van der Waals surface area contributed by atoms with Gasteiger partial charge in [-0.2, -0.15) is 0 Å². The molecule has 0 spiro atoms. The van der Waals surface area contributed by atoms with E-state index in [1.165, 1.54) is 43.2 Å². The van der Waals surface area contributed by atoms with Crippen LogP contribution in [0, 0.1) is 11.8 Å². The molecule has 1 aliphatic carbocycles. The van der Waals surface area contributed by atoms with Crippen LogP contribution in [0.4, 0.5) is 11.6 Å². The summed E-state index contributed by atoms with van der Waals surface area (Å²) in [7, 11) is 0. The maximum Gasteiger partial charge on any atom is 0.265 e. The number of aromatic nitrogens is 5. The second kappa shape index (κ2) is 14.2. The maximum atomic E-state index is 13.9. The molecule has 1 unspecified atom stereocenters. The summed E-state index contributed by atoms with van der Waals surface area (Å²) < 4.78 is 10.8. The first kappa shape index (κ1) is 34.3. The van der Waals surface area contributed by atoms with Gasteiger partial charge in [0.2, 0.25) is 5.88 Å². The van der Waals surface area contributed by atoms with E-state index in [-0.39, 0.29) is 22.9 Å². The number of nitrogens with one attached hydrogen (secondary N) is 2. The molecule has 1 amide bonds. The number of fused-ring (bicyclic) bond motifs is 6. The Kier molecular flexibility index (Phi) is 9.78. The van der Waals surface area contributed by atoms with Crippen LogP contribution in [0.2, 0.25) is 0 Å². The largest absolute Gasteiger partial charge is 0.477 e. The van der Waals surface area contributed by atoms with Crippen molar-refractivity contribution in [2.24, 2.45) is 11.8 Å². The molecule has 2 fully saturated rings. The molecule has 1 saturated heterocycles. The Labute approximate surface area is 300 Å². The fourth-order valence-corrected chi connectivity index (χ4v) is 8.33. The number of carbonyl (C=O) groups excluding carboxylic acids is 1. The zero-order valence-corrected chi connectivity index (χ0v) is 30.8. The number of anilines is 2. The topological polar surface area (TPSA) is 110 Å². The molecule has 3 aliphatic rings. The highest BCUT2D eigenvalue weighted by Crippen LogP contribution is 2.41. The molecule has 11 heteroatoms. The predicted octanol–water partition coefficient (Wildman–Crippen LogP) is 8.30. The average molecular weight is 695 g/mol. The van der Waals surface area contributed by atoms with Crippen molar-refractivity contribution in [3.05, 3.63) is 77.7 Å². The Bertz CT molecular complexity index is 1810. The standard InChI is InChI=1S/C39H50N8O2S/c1-38(2,3)28-17-20-40-31(23-28)30-15-13-27-24-39(4,5)46(25-27)36-29(37(48)45-50-35-12-8-11-32(41-30)42-35)14-16-33(43-36)47-21-18-34(44-47)49-22-19-26-9-6-7-10-26/h8,11-12,14,16-18,20-21,23,26-27,30H,6-7,9-10,13,15,19,22,24-25H2,1-5H3,(H,41,42)(H,45,48)/t27-,30?/m0/s1. The molecule has 4 aromatic rings. The van der Waals surface area contributed by atoms with E-state index < -0.39 is 0 Å². The normalized spacial score (nSPS) is 21.1. The third-order valence-corrected chi connectivity index (χ3v) is 11.3. The summed E-state index contributed by atoms with van der Waals surface area (Å²) in [6.07, 6.45) is 13.0. The van der Waals surface area contributed by atoms with E-state index in [2.05, 4.69) is 61.7 Å². The first-order valence-corrected chi connectivity index (χ1v) is 19.0. The third-order valence-electron chi connectivity index (χ3n) is 10.5. The molecule has 2 atom stereocenters. The first-order chi connectivity index (χ1) is 24.0. The average Bonchev–Trinajstić information content (AvgIpc) is 3.85. The number of hydrogen-bond acceptors (Lipinski definition) is 9. The smallest absolute Gasteiger partial charge is 0.265 e. The molecular weight excluding hydrogens is 645 g/mol. The van der Waals surface area contributed by atoms with E-state index in [9.17, 15) is 4.79 Å². The Morgan fingerprint density at radius 2 is 1.86 bits per heavy atom. The van der Waals surface area contributed by atoms with E-state index in [4.69, 9.17) is 24.8 Å². The van der Waals surface area contributed by atoms with Gasteiger partial charge in [0.15, 0.2) is 5.82 Å². The molecule has 2 aliphatic heterocycles. The van der Waals surface area contributed by atoms with Crippen LogP contribution in [0.25, 0.3) is 5.82 Å². The summed E-state index contributed by atoms with van der Waals surface area (Å²) in [4.78, 5) is 31.0. The number of ether oxygens (including phenoxy) is 1. The molecule has 7 rings (SSSR count). The third kappa shape index (κ3) is 7.77. The van der Waals surface area contributed by atoms with Crippen LogP contribution < -0.4 is 19.7 Å². The summed E-state index contributed by atoms with van der Waals surface area (Å²) in [6.45, 7) is 12.7. The van der Waals surface area contributed by atoms with Gasteiger partial charge in [0.25, 0.3) is 5.91 Å². The van der Waals surface area contributed by atoms with Gasteiger partial charge >= 0.3 is 0 Å². The first-order valence-electron chi connectivity index (χ1n) is 18.2. The predicted molar refractivity (Wildman–Crippen MR) is 199 cm³/mol. The Hall–Kier alpha value is -4.12. The zero-order chi connectivity index (χ0) is 34.9. The lowest BCUT2D eigenvalue weighted by atomic mass is 9.86. The lowest BCUT2D eigenvalue weighted by molar-refractivity contribution is 0.0984. The van der Waals surface area contributed by atoms with Crippen molar-refractivity contribution >= 4 is 29.5 Å². The highest BCUT2D eigenvalue weighted by Gasteiger charge is 2.41. The van der Waals surface area contributed by atoms with Crippen LogP contribution >= 0.6 is 11.9 Å². The van der Waals surface area contributed by atoms with Gasteiger partial charge in [-0.25, -0.2) is 14.6 Å². The summed E-state index contributed by atoms with van der Waals surface area (Å²) in [5.41, 5.74) is 2.60. The van der Waals surface area contributed by atoms with E-state index in [0.29, 0.717) is 40.6 Å². The Morgan fingerprint density at radius 3 is 2.68 bits per heavy atom. The number of nitrogens with zero attached hydrogens (tertiary/aromatic N) is 6. The number of pyridine rings is 3. The molecule has 2 N–H and O–H groups in total. The zero-order valence-electron chi connectivity index (χ0n) is 30.0. The SMILES string of the molecule is CC(C)(C)c1ccnc(C2CC[C@@H]3CN(c4nc(-n5ccc(OCCC6CCCC6)n5)ccc4C(=O)NSc4cccc(n4)N2)C(C)(C)C3)c1. The minimum atomic E-state index is -0.215. The highest BCUT2D eigenvalue weighted by molar-refractivity contribution is 7.97. The van der Waals surface area contributed by atoms with Crippen molar-refractivity contribution in [3.63, 3.8) is 0 Å². The van der Waals surface area contributed by atoms with Crippen LogP contribution in [0.3, 0.4) is 0 Å². The molecule has 50 heavy (non-hydrogen) atoms. The molecule has 4 bridgehead atoms. The molecule has 0 aromatic carbocycles. The van der Waals surface area contributed by atoms with E-state index in [1.807, 2.05) is 48.8 Å². The lowest BCUT2D eigenvalue weighted by Crippen LogP contribution is -2.40. The fraction of sp³-hybridized carbons (Fsp3) is 0.513. The summed E-state index contributed by atoms with van der Waals surface area (Å²) in [5, 5.41) is 9.10. The van der Waals surface area contributed by atoms with Crippen molar-refractivity contribution in [1.29, 1.82) is 0 Å². The van der Waals surface area contributed by atoms with Gasteiger partial charge in [-0.3, -0.25) is 14.5 Å². The molecule has 0 radical (unpaired) electrons. The van der Waals surface area contributed by atoms with E-state index in [1.54, 1.807) is 4.68 Å². The fourth-order valence-electron chi connectivity index (χ4n) is 7.73. The van der Waals surface area contributed by atoms with Crippen molar-refractivity contribution in [2.45, 2.75) is 108 Å². The molecular formula is C39H50N8O2S. The molecule has 1 saturated carbocycles. The maximum absolute atomic E-state index is 13.9. The summed E-state index contributed by atoms with van der Waals surface area (Å²) in [5.74, 6) is 3.61. The van der Waals surface area contributed by atoms with E-state index in [0.717, 1.165) is 49.7 Å². The quantitative estimate of drug-likeness (QED) is 0.193. The van der Waals surface area contributed by atoms with Crippen LogP contribution in [0.1, 0.15) is 114 Å². The summed E-state index contributed by atoms with van der Waals surface area (Å²) in [6, 6.07) is 15.8. The second-order valence-electron chi connectivity index (χ2n) is 15.8. The molecule has 264 valence electrons. The number of carbonyl (C=O) groups is 1. The van der Waals surface area contributed by atoms with Gasteiger partial charge in [0, 0.05) is 42.5 Å². The second-order valence-corrected chi connectivity index (χ2v) is 16.6.